The van der Waals surface area contributed by atoms with Crippen LogP contribution in [0, 0.1) is 0 Å². The van der Waals surface area contributed by atoms with Crippen molar-refractivity contribution in [2.45, 2.75) is 6.36 Å². The summed E-state index contributed by atoms with van der Waals surface area (Å²) in [5.74, 6) is -0.636. The lowest BCUT2D eigenvalue weighted by Crippen LogP contribution is -2.21. The van der Waals surface area contributed by atoms with Gasteiger partial charge >= 0.3 is 6.36 Å². The first-order chi connectivity index (χ1) is 13.7. The number of ether oxygens (including phenoxy) is 1. The number of nitrogens with zero attached hydrogens (tertiary/aromatic N) is 2. The molecule has 0 saturated heterocycles. The van der Waals surface area contributed by atoms with E-state index in [-0.39, 0.29) is 18.2 Å². The van der Waals surface area contributed by atoms with Crippen molar-refractivity contribution in [1.82, 2.24) is 9.78 Å². The minimum Gasteiger partial charge on any atom is -0.406 e. The van der Waals surface area contributed by atoms with Crippen LogP contribution in [0.5, 0.6) is 5.75 Å². The van der Waals surface area contributed by atoms with Crippen molar-refractivity contribution in [2.75, 3.05) is 17.2 Å². The third-order valence-corrected chi connectivity index (χ3v) is 4.33. The lowest BCUT2D eigenvalue weighted by Gasteiger charge is -2.11. The van der Waals surface area contributed by atoms with Crippen molar-refractivity contribution in [2.24, 2.45) is 7.05 Å². The van der Waals surface area contributed by atoms with Gasteiger partial charge in [-0.05, 0) is 52.3 Å². The molecule has 0 saturated carbocycles. The third-order valence-electron chi connectivity index (χ3n) is 3.74. The number of amides is 1. The molecule has 1 heterocycles. The van der Waals surface area contributed by atoms with Crippen molar-refractivity contribution in [3.05, 3.63) is 59.2 Å². The number of hydrogen-bond acceptors (Lipinski definition) is 4. The molecule has 10 heteroatoms. The van der Waals surface area contributed by atoms with Crippen molar-refractivity contribution in [1.29, 1.82) is 0 Å². The van der Waals surface area contributed by atoms with Crippen LogP contribution >= 0.6 is 15.9 Å². The molecule has 0 fully saturated rings. The van der Waals surface area contributed by atoms with Gasteiger partial charge in [0.05, 0.1) is 11.0 Å². The number of rotatable bonds is 6. The monoisotopic (exact) mass is 468 g/mol. The lowest BCUT2D eigenvalue weighted by atomic mass is 10.1. The molecule has 0 aliphatic heterocycles. The number of carbonyl (C=O) groups is 1. The summed E-state index contributed by atoms with van der Waals surface area (Å²) in [4.78, 5) is 12.2. The van der Waals surface area contributed by atoms with Crippen LogP contribution < -0.4 is 15.4 Å². The van der Waals surface area contributed by atoms with E-state index in [0.29, 0.717) is 11.4 Å². The summed E-state index contributed by atoms with van der Waals surface area (Å²) in [5.41, 5.74) is 2.67. The van der Waals surface area contributed by atoms with Gasteiger partial charge in [0.2, 0.25) is 5.91 Å². The molecule has 29 heavy (non-hydrogen) atoms. The molecule has 0 aliphatic carbocycles. The molecule has 1 amide bonds. The van der Waals surface area contributed by atoms with E-state index in [1.165, 1.54) is 24.3 Å². The minimum atomic E-state index is -4.74. The Labute approximate surface area is 172 Å². The zero-order valence-electron chi connectivity index (χ0n) is 15.1. The second kappa shape index (κ2) is 8.56. The lowest BCUT2D eigenvalue weighted by molar-refractivity contribution is -0.274. The largest absolute Gasteiger partial charge is 0.573 e. The number of alkyl halides is 3. The summed E-state index contributed by atoms with van der Waals surface area (Å²) >= 11 is 3.45. The second-order valence-electron chi connectivity index (χ2n) is 6.05. The number of aromatic nitrogens is 2. The van der Waals surface area contributed by atoms with Crippen molar-refractivity contribution in [3.8, 4) is 17.0 Å². The fourth-order valence-corrected chi connectivity index (χ4v) is 3.17. The molecule has 0 spiro atoms. The first-order valence-corrected chi connectivity index (χ1v) is 9.18. The highest BCUT2D eigenvalue weighted by Gasteiger charge is 2.30. The first kappa shape index (κ1) is 20.7. The normalized spacial score (nSPS) is 11.2. The number of aryl methyl sites for hydroxylation is 1. The van der Waals surface area contributed by atoms with Gasteiger partial charge in [0, 0.05) is 30.2 Å². The summed E-state index contributed by atoms with van der Waals surface area (Å²) in [7, 11) is 1.81. The zero-order chi connectivity index (χ0) is 21.0. The van der Waals surface area contributed by atoms with Gasteiger partial charge in [-0.1, -0.05) is 12.1 Å². The maximum atomic E-state index is 12.2. The van der Waals surface area contributed by atoms with Crippen LogP contribution in [0.25, 0.3) is 11.3 Å². The fraction of sp³-hybridized carbons (Fsp3) is 0.158. The summed E-state index contributed by atoms with van der Waals surface area (Å²) in [5, 5.41) is 9.98. The molecular weight excluding hydrogens is 453 g/mol. The molecule has 1 aromatic heterocycles. The van der Waals surface area contributed by atoms with Crippen LogP contribution in [-0.2, 0) is 11.8 Å². The van der Waals surface area contributed by atoms with Gasteiger partial charge in [-0.2, -0.15) is 5.10 Å². The van der Waals surface area contributed by atoms with E-state index in [0.717, 1.165) is 15.7 Å². The molecule has 2 N–H and O–H groups in total. The highest BCUT2D eigenvalue weighted by Crippen LogP contribution is 2.28. The molecule has 0 atom stereocenters. The molecule has 3 aromatic rings. The van der Waals surface area contributed by atoms with Crippen molar-refractivity contribution >= 4 is 33.2 Å². The van der Waals surface area contributed by atoms with Gasteiger partial charge < -0.3 is 15.4 Å². The summed E-state index contributed by atoms with van der Waals surface area (Å²) in [6, 6.07) is 12.4. The maximum Gasteiger partial charge on any atom is 0.573 e. The molecular formula is C19H16BrF3N4O2. The van der Waals surface area contributed by atoms with E-state index in [2.05, 4.69) is 36.4 Å². The van der Waals surface area contributed by atoms with Gasteiger partial charge in [-0.15, -0.1) is 13.2 Å². The number of benzene rings is 2. The molecule has 6 nitrogen and oxygen atoms in total. The van der Waals surface area contributed by atoms with Crippen LogP contribution in [0.15, 0.2) is 59.2 Å². The van der Waals surface area contributed by atoms with Crippen LogP contribution in [0.4, 0.5) is 24.5 Å². The smallest absolute Gasteiger partial charge is 0.406 e. The Morgan fingerprint density at radius 2 is 1.90 bits per heavy atom. The van der Waals surface area contributed by atoms with E-state index in [1.54, 1.807) is 22.9 Å². The standard InChI is InChI=1S/C19H16BrF3N4O2/c1-27-11-16(20)18(26-27)12-3-2-4-14(9-12)25-17(28)10-24-13-5-7-15(8-6-13)29-19(21,22)23/h2-9,11,24H,10H2,1H3,(H,25,28). The maximum absolute atomic E-state index is 12.2. The van der Waals surface area contributed by atoms with Crippen LogP contribution in [0.2, 0.25) is 0 Å². The molecule has 0 radical (unpaired) electrons. The predicted molar refractivity (Wildman–Crippen MR) is 107 cm³/mol. The average Bonchev–Trinajstić information content (AvgIpc) is 2.98. The number of carbonyl (C=O) groups excluding carboxylic acids is 1. The molecule has 3 rings (SSSR count). The Kier molecular flexibility index (Phi) is 6.12. The Balaban J connectivity index is 1.57. The Bertz CT molecular complexity index is 1000. The van der Waals surface area contributed by atoms with E-state index < -0.39 is 6.36 Å². The van der Waals surface area contributed by atoms with E-state index >= 15 is 0 Å². The van der Waals surface area contributed by atoms with Gasteiger partial charge in [0.15, 0.2) is 0 Å². The molecule has 0 bridgehead atoms. The SMILES string of the molecule is Cn1cc(Br)c(-c2cccc(NC(=O)CNc3ccc(OC(F)(F)F)cc3)c2)n1. The van der Waals surface area contributed by atoms with Gasteiger partial charge in [-0.25, -0.2) is 0 Å². The average molecular weight is 469 g/mol. The van der Waals surface area contributed by atoms with E-state index in [1.807, 2.05) is 19.3 Å². The molecule has 152 valence electrons. The first-order valence-electron chi connectivity index (χ1n) is 8.39. The Hall–Kier alpha value is -3.01. The van der Waals surface area contributed by atoms with Gasteiger partial charge in [0.1, 0.15) is 11.4 Å². The fourth-order valence-electron chi connectivity index (χ4n) is 2.56. The van der Waals surface area contributed by atoms with E-state index in [9.17, 15) is 18.0 Å². The van der Waals surface area contributed by atoms with Crippen LogP contribution in [0.3, 0.4) is 0 Å². The zero-order valence-corrected chi connectivity index (χ0v) is 16.7. The predicted octanol–water partition coefficient (Wildman–Crippen LogP) is 4.80. The number of nitrogens with one attached hydrogen (secondary N) is 2. The molecule has 2 aromatic carbocycles. The summed E-state index contributed by atoms with van der Waals surface area (Å²) < 4.78 is 42.8. The highest BCUT2D eigenvalue weighted by molar-refractivity contribution is 9.10. The Morgan fingerprint density at radius 3 is 2.52 bits per heavy atom. The molecule has 0 unspecified atom stereocenters. The molecule has 0 aliphatic rings. The van der Waals surface area contributed by atoms with Crippen LogP contribution in [-0.4, -0.2) is 28.6 Å². The van der Waals surface area contributed by atoms with Crippen molar-refractivity contribution in [3.63, 3.8) is 0 Å². The quantitative estimate of drug-likeness (QED) is 0.545. The van der Waals surface area contributed by atoms with Crippen molar-refractivity contribution < 1.29 is 22.7 Å². The number of halogens is 4. The number of anilines is 2. The summed E-state index contributed by atoms with van der Waals surface area (Å²) in [6.45, 7) is -0.0585. The second-order valence-corrected chi connectivity index (χ2v) is 6.91. The van der Waals surface area contributed by atoms with Gasteiger partial charge in [-0.3, -0.25) is 9.48 Å². The summed E-state index contributed by atoms with van der Waals surface area (Å²) in [6.07, 6.45) is -2.91. The van der Waals surface area contributed by atoms with Gasteiger partial charge in [0.25, 0.3) is 0 Å². The minimum absolute atomic E-state index is 0.0585. The Morgan fingerprint density at radius 1 is 1.17 bits per heavy atom. The third kappa shape index (κ3) is 5.98. The highest BCUT2D eigenvalue weighted by atomic mass is 79.9. The number of hydrogen-bond donors (Lipinski definition) is 2. The van der Waals surface area contributed by atoms with Crippen LogP contribution in [0.1, 0.15) is 0 Å². The topological polar surface area (TPSA) is 68.2 Å². The van der Waals surface area contributed by atoms with E-state index in [4.69, 9.17) is 0 Å².